The van der Waals surface area contributed by atoms with E-state index in [2.05, 4.69) is 49.6 Å². The predicted octanol–water partition coefficient (Wildman–Crippen LogP) is 4.61. The normalized spacial score (nSPS) is 12.0. The first-order valence-corrected chi connectivity index (χ1v) is 9.26. The van der Waals surface area contributed by atoms with Crippen molar-refractivity contribution in [3.05, 3.63) is 41.0 Å². The summed E-state index contributed by atoms with van der Waals surface area (Å²) in [6, 6.07) is 8.13. The lowest BCUT2D eigenvalue weighted by Crippen LogP contribution is -2.16. The molecule has 4 nitrogen and oxygen atoms in total. The number of hydrogen-bond donors (Lipinski definition) is 1. The molecule has 0 saturated carbocycles. The molecule has 2 N–H and O–H groups in total. The maximum atomic E-state index is 6.08. The van der Waals surface area contributed by atoms with Gasteiger partial charge in [-0.2, -0.15) is 0 Å². The van der Waals surface area contributed by atoms with E-state index in [1.54, 1.807) is 11.3 Å². The highest BCUT2D eigenvalue weighted by Gasteiger charge is 2.23. The van der Waals surface area contributed by atoms with E-state index < -0.39 is 0 Å². The van der Waals surface area contributed by atoms with Gasteiger partial charge in [0.05, 0.1) is 18.0 Å². The number of imidazole rings is 1. The lowest BCUT2D eigenvalue weighted by molar-refractivity contribution is 0.317. The lowest BCUT2D eigenvalue weighted by Gasteiger charge is -2.18. The standard InChI is InChI=1S/C19H25N3OS/c1-5-10-23-14-8-6-13(7-9-14)17-15(11-20)22-16(19(2,3)4)12-24-18(22)21-17/h6-9,12H,5,10-11,20H2,1-4H3. The summed E-state index contributed by atoms with van der Waals surface area (Å²) in [6.45, 7) is 9.95. The Bertz CT molecular complexity index is 825. The van der Waals surface area contributed by atoms with Gasteiger partial charge in [0.1, 0.15) is 5.75 Å². The highest BCUT2D eigenvalue weighted by atomic mass is 32.1. The summed E-state index contributed by atoms with van der Waals surface area (Å²) in [5.74, 6) is 0.895. The number of aromatic nitrogens is 2. The number of thiazole rings is 1. The molecule has 0 spiro atoms. The Labute approximate surface area is 147 Å². The quantitative estimate of drug-likeness (QED) is 0.736. The second-order valence-corrected chi connectivity index (χ2v) is 7.81. The molecule has 24 heavy (non-hydrogen) atoms. The molecule has 1 aromatic carbocycles. The number of hydrogen-bond acceptors (Lipinski definition) is 4. The highest BCUT2D eigenvalue weighted by molar-refractivity contribution is 7.15. The van der Waals surface area contributed by atoms with Gasteiger partial charge in [-0.25, -0.2) is 4.98 Å². The van der Waals surface area contributed by atoms with Crippen LogP contribution in [0.5, 0.6) is 5.75 Å². The molecule has 3 aromatic rings. The molecule has 0 bridgehead atoms. The molecule has 2 aromatic heterocycles. The van der Waals surface area contributed by atoms with Gasteiger partial charge in [0.2, 0.25) is 0 Å². The lowest BCUT2D eigenvalue weighted by atomic mass is 9.93. The Kier molecular flexibility index (Phi) is 4.65. The van der Waals surface area contributed by atoms with Crippen LogP contribution in [0.25, 0.3) is 16.2 Å². The maximum Gasteiger partial charge on any atom is 0.194 e. The average molecular weight is 343 g/mol. The van der Waals surface area contributed by atoms with Gasteiger partial charge in [-0.1, -0.05) is 27.7 Å². The molecular formula is C19H25N3OS. The number of nitrogens with two attached hydrogens (primary N) is 1. The predicted molar refractivity (Wildman–Crippen MR) is 101 cm³/mol. The molecule has 5 heteroatoms. The van der Waals surface area contributed by atoms with Crippen molar-refractivity contribution in [1.82, 2.24) is 9.38 Å². The van der Waals surface area contributed by atoms with Crippen molar-refractivity contribution in [2.24, 2.45) is 5.73 Å². The van der Waals surface area contributed by atoms with Crippen molar-refractivity contribution in [3.8, 4) is 17.0 Å². The van der Waals surface area contributed by atoms with Crippen molar-refractivity contribution < 1.29 is 4.74 Å². The van der Waals surface area contributed by atoms with Crippen LogP contribution < -0.4 is 10.5 Å². The zero-order valence-electron chi connectivity index (χ0n) is 14.8. The van der Waals surface area contributed by atoms with Crippen molar-refractivity contribution in [3.63, 3.8) is 0 Å². The van der Waals surface area contributed by atoms with E-state index in [1.807, 2.05) is 12.1 Å². The summed E-state index contributed by atoms with van der Waals surface area (Å²) in [5, 5.41) is 2.19. The second-order valence-electron chi connectivity index (χ2n) is 6.97. The molecular weight excluding hydrogens is 318 g/mol. The molecule has 0 aliphatic heterocycles. The molecule has 0 aliphatic rings. The smallest absolute Gasteiger partial charge is 0.194 e. The number of nitrogens with zero attached hydrogens (tertiary/aromatic N) is 2. The van der Waals surface area contributed by atoms with Gasteiger partial charge < -0.3 is 10.5 Å². The molecule has 0 aliphatic carbocycles. The van der Waals surface area contributed by atoms with E-state index in [1.165, 1.54) is 5.69 Å². The van der Waals surface area contributed by atoms with Gasteiger partial charge in [-0.15, -0.1) is 11.3 Å². The van der Waals surface area contributed by atoms with Crippen LogP contribution in [0, 0.1) is 0 Å². The van der Waals surface area contributed by atoms with Crippen LogP contribution in [-0.4, -0.2) is 16.0 Å². The van der Waals surface area contributed by atoms with Crippen molar-refractivity contribution in [1.29, 1.82) is 0 Å². The van der Waals surface area contributed by atoms with Crippen LogP contribution in [0.4, 0.5) is 0 Å². The molecule has 0 saturated heterocycles. The first kappa shape index (κ1) is 17.0. The fourth-order valence-electron chi connectivity index (χ4n) is 2.78. The maximum absolute atomic E-state index is 6.08. The summed E-state index contributed by atoms with van der Waals surface area (Å²) in [7, 11) is 0. The molecule has 3 rings (SSSR count). The van der Waals surface area contributed by atoms with E-state index in [0.29, 0.717) is 6.54 Å². The molecule has 0 fully saturated rings. The fraction of sp³-hybridized carbons (Fsp3) is 0.421. The Balaban J connectivity index is 2.05. The van der Waals surface area contributed by atoms with E-state index in [4.69, 9.17) is 15.5 Å². The van der Waals surface area contributed by atoms with E-state index in [0.717, 1.165) is 40.7 Å². The molecule has 0 amide bonds. The minimum absolute atomic E-state index is 0.0536. The Morgan fingerprint density at radius 3 is 2.50 bits per heavy atom. The van der Waals surface area contributed by atoms with Gasteiger partial charge in [-0.05, 0) is 30.7 Å². The molecule has 0 atom stereocenters. The van der Waals surface area contributed by atoms with Crippen LogP contribution in [0.3, 0.4) is 0 Å². The Morgan fingerprint density at radius 2 is 1.92 bits per heavy atom. The Morgan fingerprint density at radius 1 is 1.21 bits per heavy atom. The SMILES string of the molecule is CCCOc1ccc(-c2nc3scc(C(C)(C)C)n3c2CN)cc1. The third-order valence-corrected chi connectivity index (χ3v) is 4.85. The third-order valence-electron chi connectivity index (χ3n) is 4.02. The minimum atomic E-state index is 0.0536. The van der Waals surface area contributed by atoms with Crippen LogP contribution in [0.1, 0.15) is 45.5 Å². The summed E-state index contributed by atoms with van der Waals surface area (Å²) < 4.78 is 7.89. The van der Waals surface area contributed by atoms with Crippen LogP contribution in [0.15, 0.2) is 29.6 Å². The van der Waals surface area contributed by atoms with E-state index in [9.17, 15) is 0 Å². The topological polar surface area (TPSA) is 52.5 Å². The van der Waals surface area contributed by atoms with Crippen molar-refractivity contribution in [2.45, 2.75) is 46.1 Å². The van der Waals surface area contributed by atoms with Gasteiger partial charge >= 0.3 is 0 Å². The van der Waals surface area contributed by atoms with Gasteiger partial charge in [0.25, 0.3) is 0 Å². The summed E-state index contributed by atoms with van der Waals surface area (Å²) in [5.41, 5.74) is 10.5. The first-order valence-electron chi connectivity index (χ1n) is 8.38. The first-order chi connectivity index (χ1) is 11.5. The highest BCUT2D eigenvalue weighted by Crippen LogP contribution is 2.33. The summed E-state index contributed by atoms with van der Waals surface area (Å²) in [6.07, 6.45) is 1.01. The fourth-order valence-corrected chi connectivity index (χ4v) is 3.91. The Hall–Kier alpha value is -1.85. The third kappa shape index (κ3) is 3.06. The molecule has 0 unspecified atom stereocenters. The zero-order chi connectivity index (χ0) is 17.3. The van der Waals surface area contributed by atoms with Gasteiger partial charge in [0.15, 0.2) is 4.96 Å². The van der Waals surface area contributed by atoms with Crippen LogP contribution in [0.2, 0.25) is 0 Å². The van der Waals surface area contributed by atoms with Crippen molar-refractivity contribution >= 4 is 16.3 Å². The summed E-state index contributed by atoms with van der Waals surface area (Å²) in [4.78, 5) is 5.84. The van der Waals surface area contributed by atoms with E-state index in [-0.39, 0.29) is 5.41 Å². The van der Waals surface area contributed by atoms with E-state index >= 15 is 0 Å². The van der Waals surface area contributed by atoms with Crippen LogP contribution >= 0.6 is 11.3 Å². The van der Waals surface area contributed by atoms with Crippen LogP contribution in [-0.2, 0) is 12.0 Å². The number of rotatable bonds is 5. The average Bonchev–Trinajstić information content (AvgIpc) is 3.11. The minimum Gasteiger partial charge on any atom is -0.494 e. The molecule has 2 heterocycles. The molecule has 128 valence electrons. The zero-order valence-corrected chi connectivity index (χ0v) is 15.6. The number of ether oxygens (including phenoxy) is 1. The number of fused-ring (bicyclic) bond motifs is 1. The molecule has 0 radical (unpaired) electrons. The monoisotopic (exact) mass is 343 g/mol. The van der Waals surface area contributed by atoms with Gasteiger partial charge in [0, 0.05) is 28.6 Å². The second kappa shape index (κ2) is 6.57. The van der Waals surface area contributed by atoms with Crippen molar-refractivity contribution in [2.75, 3.05) is 6.61 Å². The largest absolute Gasteiger partial charge is 0.494 e. The number of benzene rings is 1. The van der Waals surface area contributed by atoms with Gasteiger partial charge in [-0.3, -0.25) is 4.40 Å². The summed E-state index contributed by atoms with van der Waals surface area (Å²) >= 11 is 1.67.